The smallest absolute Gasteiger partial charge is 0 e. The molecule has 0 radical (unpaired) electrons. The molecule has 0 spiro atoms. The Morgan fingerprint density at radius 3 is 0.500 bits per heavy atom. The topological polar surface area (TPSA) is 126 Å². The molecule has 0 heterocycles. The van der Waals surface area contributed by atoms with Crippen LogP contribution >= 0.6 is 0 Å². The van der Waals surface area contributed by atoms with E-state index in [1.165, 1.54) is 0 Å². The first-order chi connectivity index (χ1) is 0. The van der Waals surface area contributed by atoms with Crippen LogP contribution in [0.4, 0.5) is 0 Å². The van der Waals surface area contributed by atoms with Gasteiger partial charge in [0.25, 0.3) is 0 Å². The fourth-order valence-electron chi connectivity index (χ4n) is 0. The van der Waals surface area contributed by atoms with Crippen molar-refractivity contribution in [3.05, 3.63) is 0 Å². The molecule has 0 rings (SSSR count). The summed E-state index contributed by atoms with van der Waals surface area (Å²) in [4.78, 5) is 0. The molecule has 0 aliphatic heterocycles. The Morgan fingerprint density at radius 2 is 0.500 bits per heavy atom. The first kappa shape index (κ1) is 503. The standard InChI is InChI=1S/ClH.Fe.4H2O/h1H;;4*1H2/p-1. The van der Waals surface area contributed by atoms with Crippen LogP contribution in [0.5, 0.6) is 0 Å². The summed E-state index contributed by atoms with van der Waals surface area (Å²) >= 11 is 0. The minimum Gasteiger partial charge on any atom is -1.00 e. The molecule has 0 aliphatic rings. The first-order valence-electron chi connectivity index (χ1n) is 0. The molecule has 0 aliphatic carbocycles. The van der Waals surface area contributed by atoms with Crippen molar-refractivity contribution in [1.29, 1.82) is 0 Å². The molecule has 0 unspecified atom stereocenters. The van der Waals surface area contributed by atoms with Crippen molar-refractivity contribution in [1.82, 2.24) is 0 Å². The number of hydrogen-bond donors (Lipinski definition) is 0. The van der Waals surface area contributed by atoms with E-state index in [0.717, 1.165) is 0 Å². The Hall–Kier alpha value is 0.649. The molecule has 0 fully saturated rings. The van der Waals surface area contributed by atoms with Gasteiger partial charge in [0.1, 0.15) is 0 Å². The summed E-state index contributed by atoms with van der Waals surface area (Å²) in [6.07, 6.45) is 0. The second kappa shape index (κ2) is 290. The third-order valence-electron chi connectivity index (χ3n) is 0. The van der Waals surface area contributed by atoms with Crippen LogP contribution in [0.25, 0.3) is 0 Å². The predicted molar refractivity (Wildman–Crippen MR) is 14.5 cm³/mol. The summed E-state index contributed by atoms with van der Waals surface area (Å²) in [5.41, 5.74) is 0. The Bertz CT molecular complexity index is 7.51. The zero-order valence-electron chi connectivity index (χ0n) is 2.73. The van der Waals surface area contributed by atoms with Gasteiger partial charge < -0.3 is 34.3 Å². The average molecular weight is 163 g/mol. The van der Waals surface area contributed by atoms with Crippen molar-refractivity contribution in [3.63, 3.8) is 0 Å². The Labute approximate surface area is 52.0 Å². The van der Waals surface area contributed by atoms with E-state index < -0.39 is 0 Å². The first-order valence-corrected chi connectivity index (χ1v) is 0. The van der Waals surface area contributed by atoms with Gasteiger partial charge in [0, 0.05) is 17.1 Å². The van der Waals surface area contributed by atoms with E-state index in [1.807, 2.05) is 0 Å². The van der Waals surface area contributed by atoms with Gasteiger partial charge in [0.15, 0.2) is 0 Å². The maximum atomic E-state index is 0. The molecular weight excluding hydrogens is 155 g/mol. The van der Waals surface area contributed by atoms with E-state index >= 15 is 0 Å². The minimum atomic E-state index is 0. The summed E-state index contributed by atoms with van der Waals surface area (Å²) in [6.45, 7) is 0. The van der Waals surface area contributed by atoms with E-state index in [4.69, 9.17) is 0 Å². The third kappa shape index (κ3) is 147. The summed E-state index contributed by atoms with van der Waals surface area (Å²) in [6, 6.07) is 0. The van der Waals surface area contributed by atoms with Gasteiger partial charge in [-0.2, -0.15) is 0 Å². The summed E-state index contributed by atoms with van der Waals surface area (Å²) in [5, 5.41) is 0. The van der Waals surface area contributed by atoms with Gasteiger partial charge in [0.2, 0.25) is 0 Å². The molecule has 0 saturated carbocycles. The number of rotatable bonds is 0. The van der Waals surface area contributed by atoms with E-state index in [9.17, 15) is 0 Å². The Balaban J connectivity index is 0. The fourth-order valence-corrected chi connectivity index (χ4v) is 0. The maximum Gasteiger partial charge on any atom is 0 e. The van der Waals surface area contributed by atoms with Crippen molar-refractivity contribution in [3.8, 4) is 0 Å². The van der Waals surface area contributed by atoms with Crippen LogP contribution < -0.4 is 12.4 Å². The van der Waals surface area contributed by atoms with Crippen molar-refractivity contribution in [2.24, 2.45) is 0 Å². The van der Waals surface area contributed by atoms with Crippen LogP contribution in [-0.2, 0) is 17.1 Å². The molecule has 0 aromatic heterocycles. The predicted octanol–water partition coefficient (Wildman–Crippen LogP) is -6.30. The molecule has 48 valence electrons. The maximum absolute atomic E-state index is 0. The van der Waals surface area contributed by atoms with Crippen LogP contribution in [0, 0.1) is 0 Å². The SMILES string of the molecule is O.O.O.O.[Cl-].[Fe]. The Kier molecular flexibility index (Phi) is 24300. The molecule has 0 bridgehead atoms. The molecule has 0 aromatic carbocycles. The molecule has 4 nitrogen and oxygen atoms in total. The van der Waals surface area contributed by atoms with Crippen LogP contribution in [0.3, 0.4) is 0 Å². The third-order valence-corrected chi connectivity index (χ3v) is 0. The van der Waals surface area contributed by atoms with Crippen molar-refractivity contribution < 1.29 is 51.4 Å². The van der Waals surface area contributed by atoms with Gasteiger partial charge in [0.05, 0.1) is 0 Å². The monoisotopic (exact) mass is 163 g/mol. The van der Waals surface area contributed by atoms with Crippen LogP contribution in [0.1, 0.15) is 0 Å². The molecule has 8 N–H and O–H groups in total. The zero-order valence-corrected chi connectivity index (χ0v) is 4.59. The second-order valence-corrected chi connectivity index (χ2v) is 0. The molecule has 0 atom stereocenters. The zero-order chi connectivity index (χ0) is 0. The van der Waals surface area contributed by atoms with Gasteiger partial charge >= 0.3 is 0 Å². The van der Waals surface area contributed by atoms with Crippen LogP contribution in [0.2, 0.25) is 0 Å². The van der Waals surface area contributed by atoms with E-state index in [1.54, 1.807) is 0 Å². The van der Waals surface area contributed by atoms with Crippen molar-refractivity contribution in [2.75, 3.05) is 0 Å². The molecule has 6 heteroatoms. The van der Waals surface area contributed by atoms with Gasteiger partial charge in [-0.05, 0) is 0 Å². The van der Waals surface area contributed by atoms with Gasteiger partial charge in [-0.3, -0.25) is 0 Å². The number of hydrogen-bond acceptors (Lipinski definition) is 0. The normalized spacial score (nSPS) is 0. The van der Waals surface area contributed by atoms with Crippen molar-refractivity contribution >= 4 is 0 Å². The molecule has 0 aromatic rings. The van der Waals surface area contributed by atoms with Crippen molar-refractivity contribution in [2.45, 2.75) is 0 Å². The van der Waals surface area contributed by atoms with Crippen LogP contribution in [0.15, 0.2) is 0 Å². The van der Waals surface area contributed by atoms with E-state index in [-0.39, 0.29) is 51.4 Å². The largest absolute Gasteiger partial charge is 1.00 e. The minimum absolute atomic E-state index is 0. The van der Waals surface area contributed by atoms with Crippen LogP contribution in [-0.4, -0.2) is 21.9 Å². The molecule has 6 heavy (non-hydrogen) atoms. The van der Waals surface area contributed by atoms with Gasteiger partial charge in [-0.15, -0.1) is 0 Å². The van der Waals surface area contributed by atoms with E-state index in [0.29, 0.717) is 0 Å². The fraction of sp³-hybridized carbons (Fsp3) is 0. The van der Waals surface area contributed by atoms with E-state index in [2.05, 4.69) is 0 Å². The molecular formula is H8ClFeO4-. The van der Waals surface area contributed by atoms with Gasteiger partial charge in [-0.1, -0.05) is 0 Å². The quantitative estimate of drug-likeness (QED) is 0.315. The molecule has 0 amide bonds. The Morgan fingerprint density at radius 1 is 0.500 bits per heavy atom. The second-order valence-electron chi connectivity index (χ2n) is 0. The molecule has 0 saturated heterocycles. The number of halogens is 1. The van der Waals surface area contributed by atoms with Gasteiger partial charge in [-0.25, -0.2) is 0 Å². The average Bonchev–Trinajstić information content (AvgIpc) is 0. The summed E-state index contributed by atoms with van der Waals surface area (Å²) in [5.74, 6) is 0. The summed E-state index contributed by atoms with van der Waals surface area (Å²) in [7, 11) is 0. The summed E-state index contributed by atoms with van der Waals surface area (Å²) < 4.78 is 0.